The number of nitrogens with zero attached hydrogens (tertiary/aromatic N) is 1. The first-order valence-electron chi connectivity index (χ1n) is 9.02. The number of carbonyl (C=O) groups is 3. The molecule has 0 saturated carbocycles. The summed E-state index contributed by atoms with van der Waals surface area (Å²) in [5, 5.41) is 12.3. The van der Waals surface area contributed by atoms with Crippen molar-refractivity contribution in [2.75, 3.05) is 10.2 Å². The highest BCUT2D eigenvalue weighted by Crippen LogP contribution is 2.56. The zero-order chi connectivity index (χ0) is 20.1. The van der Waals surface area contributed by atoms with Gasteiger partial charge in [0.05, 0.1) is 11.1 Å². The molecule has 28 heavy (non-hydrogen) atoms. The lowest BCUT2D eigenvalue weighted by Gasteiger charge is -2.29. The first-order chi connectivity index (χ1) is 13.3. The smallest absolute Gasteiger partial charge is 0.313 e. The van der Waals surface area contributed by atoms with Gasteiger partial charge in [-0.25, -0.2) is 0 Å². The summed E-state index contributed by atoms with van der Waals surface area (Å²) in [5.74, 6) is -1.21. The standard InChI is InChI=1S/C21H20N2O4S/c1-20(2,19(26)27)13-7-9-14(10-8-13)22-18(25)21-12-11-17(24)23(21)15-5-3-4-6-16(15)28-21/h3-10H,11-12H2,1-2H3,(H,22,25)(H,26,27). The molecular formula is C21H20N2O4S. The SMILES string of the molecule is CC(C)(C(=O)O)c1ccc(NC(=O)C23CCC(=O)N2c2ccccc2S3)cc1. The molecule has 0 radical (unpaired) electrons. The predicted octanol–water partition coefficient (Wildman–Crippen LogP) is 3.62. The molecule has 6 nitrogen and oxygen atoms in total. The fourth-order valence-electron chi connectivity index (χ4n) is 3.62. The van der Waals surface area contributed by atoms with Gasteiger partial charge in [0.1, 0.15) is 0 Å². The number of carboxylic acids is 1. The number of aliphatic carboxylic acids is 1. The third kappa shape index (κ3) is 2.69. The fourth-order valence-corrected chi connectivity index (χ4v) is 5.03. The van der Waals surface area contributed by atoms with Crippen LogP contribution in [-0.2, 0) is 19.8 Å². The zero-order valence-electron chi connectivity index (χ0n) is 15.6. The number of para-hydroxylation sites is 1. The van der Waals surface area contributed by atoms with Crippen LogP contribution in [0.4, 0.5) is 11.4 Å². The number of carboxylic acid groups (broad SMARTS) is 1. The average molecular weight is 396 g/mol. The van der Waals surface area contributed by atoms with Gasteiger partial charge in [0, 0.05) is 17.0 Å². The van der Waals surface area contributed by atoms with E-state index in [0.717, 1.165) is 10.6 Å². The van der Waals surface area contributed by atoms with Gasteiger partial charge in [-0.15, -0.1) is 0 Å². The average Bonchev–Trinajstić information content (AvgIpc) is 3.18. The Morgan fingerprint density at radius 3 is 2.50 bits per heavy atom. The molecule has 0 bridgehead atoms. The van der Waals surface area contributed by atoms with E-state index in [4.69, 9.17) is 0 Å². The molecule has 1 saturated heterocycles. The van der Waals surface area contributed by atoms with Crippen LogP contribution in [0, 0.1) is 0 Å². The Morgan fingerprint density at radius 1 is 1.14 bits per heavy atom. The molecule has 2 amide bonds. The topological polar surface area (TPSA) is 86.7 Å². The van der Waals surface area contributed by atoms with Crippen molar-refractivity contribution in [1.29, 1.82) is 0 Å². The van der Waals surface area contributed by atoms with E-state index in [1.807, 2.05) is 24.3 Å². The van der Waals surface area contributed by atoms with E-state index in [2.05, 4.69) is 5.32 Å². The summed E-state index contributed by atoms with van der Waals surface area (Å²) in [5.41, 5.74) is 0.985. The van der Waals surface area contributed by atoms with Gasteiger partial charge >= 0.3 is 5.97 Å². The summed E-state index contributed by atoms with van der Waals surface area (Å²) < 4.78 is 0. The van der Waals surface area contributed by atoms with E-state index in [1.165, 1.54) is 11.8 Å². The Hall–Kier alpha value is -2.80. The van der Waals surface area contributed by atoms with Gasteiger partial charge in [-0.05, 0) is 50.1 Å². The van der Waals surface area contributed by atoms with Crippen LogP contribution in [0.1, 0.15) is 32.3 Å². The van der Waals surface area contributed by atoms with Crippen molar-refractivity contribution in [2.45, 2.75) is 41.9 Å². The molecule has 2 aliphatic heterocycles. The van der Waals surface area contributed by atoms with Crippen molar-refractivity contribution in [3.05, 3.63) is 54.1 Å². The van der Waals surface area contributed by atoms with E-state index < -0.39 is 16.3 Å². The lowest BCUT2D eigenvalue weighted by molar-refractivity contribution is -0.142. The van der Waals surface area contributed by atoms with Crippen LogP contribution in [-0.4, -0.2) is 27.8 Å². The van der Waals surface area contributed by atoms with E-state index in [9.17, 15) is 19.5 Å². The fraction of sp³-hybridized carbons (Fsp3) is 0.286. The molecule has 4 rings (SSSR count). The summed E-state index contributed by atoms with van der Waals surface area (Å²) in [6.45, 7) is 3.27. The summed E-state index contributed by atoms with van der Waals surface area (Å²) >= 11 is 1.41. The van der Waals surface area contributed by atoms with E-state index in [1.54, 1.807) is 43.0 Å². The second kappa shape index (κ2) is 6.38. The van der Waals surface area contributed by atoms with Gasteiger partial charge < -0.3 is 10.4 Å². The molecule has 1 fully saturated rings. The minimum atomic E-state index is -1.02. The maximum atomic E-state index is 13.2. The Morgan fingerprint density at radius 2 is 1.82 bits per heavy atom. The lowest BCUT2D eigenvalue weighted by atomic mass is 9.85. The van der Waals surface area contributed by atoms with Crippen LogP contribution < -0.4 is 10.2 Å². The van der Waals surface area contributed by atoms with Crippen molar-refractivity contribution in [3.63, 3.8) is 0 Å². The first kappa shape index (κ1) is 18.6. The molecule has 2 heterocycles. The van der Waals surface area contributed by atoms with E-state index in [0.29, 0.717) is 24.1 Å². The minimum absolute atomic E-state index is 0.0499. The second-order valence-corrected chi connectivity index (χ2v) is 8.86. The maximum Gasteiger partial charge on any atom is 0.313 e. The maximum absolute atomic E-state index is 13.2. The summed E-state index contributed by atoms with van der Waals surface area (Å²) in [7, 11) is 0. The van der Waals surface area contributed by atoms with Crippen LogP contribution in [0.5, 0.6) is 0 Å². The molecule has 2 aromatic rings. The van der Waals surface area contributed by atoms with Crippen LogP contribution in [0.3, 0.4) is 0 Å². The van der Waals surface area contributed by atoms with Gasteiger partial charge in [-0.2, -0.15) is 0 Å². The van der Waals surface area contributed by atoms with Crippen molar-refractivity contribution >= 4 is 40.9 Å². The van der Waals surface area contributed by atoms with Crippen LogP contribution in [0.2, 0.25) is 0 Å². The molecule has 2 aliphatic rings. The lowest BCUT2D eigenvalue weighted by Crippen LogP contribution is -2.49. The van der Waals surface area contributed by atoms with Crippen molar-refractivity contribution in [1.82, 2.24) is 0 Å². The van der Waals surface area contributed by atoms with Gasteiger partial charge in [0.25, 0.3) is 5.91 Å². The Balaban J connectivity index is 1.59. The van der Waals surface area contributed by atoms with Gasteiger partial charge in [0.15, 0.2) is 4.87 Å². The largest absolute Gasteiger partial charge is 0.481 e. The van der Waals surface area contributed by atoms with Gasteiger partial charge in [-0.1, -0.05) is 36.0 Å². The number of hydrogen-bond acceptors (Lipinski definition) is 4. The molecule has 144 valence electrons. The third-order valence-electron chi connectivity index (χ3n) is 5.43. The third-order valence-corrected chi connectivity index (χ3v) is 6.90. The zero-order valence-corrected chi connectivity index (χ0v) is 16.4. The molecule has 0 spiro atoms. The van der Waals surface area contributed by atoms with E-state index in [-0.39, 0.29) is 11.8 Å². The number of rotatable bonds is 4. The van der Waals surface area contributed by atoms with Crippen LogP contribution in [0.15, 0.2) is 53.4 Å². The Bertz CT molecular complexity index is 986. The minimum Gasteiger partial charge on any atom is -0.481 e. The molecule has 1 unspecified atom stereocenters. The number of anilines is 2. The van der Waals surface area contributed by atoms with Crippen molar-refractivity contribution in [3.8, 4) is 0 Å². The normalized spacial score (nSPS) is 20.6. The van der Waals surface area contributed by atoms with Gasteiger partial charge in [-0.3, -0.25) is 19.3 Å². The molecule has 7 heteroatoms. The highest BCUT2D eigenvalue weighted by molar-refractivity contribution is 8.02. The Labute approximate surface area is 166 Å². The van der Waals surface area contributed by atoms with Crippen LogP contribution in [0.25, 0.3) is 0 Å². The summed E-state index contributed by atoms with van der Waals surface area (Å²) in [4.78, 5) is 38.7. The molecular weight excluding hydrogens is 376 g/mol. The molecule has 1 atom stereocenters. The first-order valence-corrected chi connectivity index (χ1v) is 9.84. The highest BCUT2D eigenvalue weighted by Gasteiger charge is 2.57. The number of amides is 2. The number of hydrogen-bond donors (Lipinski definition) is 2. The molecule has 0 aliphatic carbocycles. The number of fused-ring (bicyclic) bond motifs is 3. The Kier molecular flexibility index (Phi) is 4.23. The number of benzene rings is 2. The molecule has 0 aromatic heterocycles. The summed E-state index contributed by atoms with van der Waals surface area (Å²) in [6.07, 6.45) is 0.779. The number of carbonyl (C=O) groups excluding carboxylic acids is 2. The monoisotopic (exact) mass is 396 g/mol. The van der Waals surface area contributed by atoms with Crippen LogP contribution >= 0.6 is 11.8 Å². The van der Waals surface area contributed by atoms with E-state index >= 15 is 0 Å². The number of thioether (sulfide) groups is 1. The highest BCUT2D eigenvalue weighted by atomic mass is 32.2. The molecule has 2 N–H and O–H groups in total. The van der Waals surface area contributed by atoms with Crippen molar-refractivity contribution in [2.24, 2.45) is 0 Å². The summed E-state index contributed by atoms with van der Waals surface area (Å²) in [6, 6.07) is 14.3. The molecule has 2 aromatic carbocycles. The van der Waals surface area contributed by atoms with Gasteiger partial charge in [0.2, 0.25) is 5.91 Å². The second-order valence-electron chi connectivity index (χ2n) is 7.54. The quantitative estimate of drug-likeness (QED) is 0.824. The number of nitrogens with one attached hydrogen (secondary N) is 1. The predicted molar refractivity (Wildman–Crippen MR) is 107 cm³/mol. The van der Waals surface area contributed by atoms with Crippen molar-refractivity contribution < 1.29 is 19.5 Å².